The Morgan fingerprint density at radius 3 is 2.61 bits per heavy atom. The highest BCUT2D eigenvalue weighted by atomic mass is 32.2. The van der Waals surface area contributed by atoms with Crippen molar-refractivity contribution < 1.29 is 0 Å². The lowest BCUT2D eigenvalue weighted by Crippen LogP contribution is -2.01. The van der Waals surface area contributed by atoms with Gasteiger partial charge in [-0.15, -0.1) is 11.8 Å². The monoisotopic (exact) mass is 255 g/mol. The van der Waals surface area contributed by atoms with Crippen molar-refractivity contribution in [3.05, 3.63) is 53.9 Å². The van der Waals surface area contributed by atoms with Crippen molar-refractivity contribution in [1.29, 1.82) is 5.26 Å². The average Bonchev–Trinajstić information content (AvgIpc) is 2.43. The van der Waals surface area contributed by atoms with Gasteiger partial charge in [-0.1, -0.05) is 19.1 Å². The minimum absolute atomic E-state index is 0.348. The van der Waals surface area contributed by atoms with E-state index >= 15 is 0 Å². The molecule has 0 radical (unpaired) electrons. The maximum atomic E-state index is 9.28. The van der Waals surface area contributed by atoms with E-state index < -0.39 is 0 Å². The Kier molecular flexibility index (Phi) is 4.32. The predicted octanol–water partition coefficient (Wildman–Crippen LogP) is 3.24. The fourth-order valence-corrected chi connectivity index (χ4v) is 2.36. The summed E-state index contributed by atoms with van der Waals surface area (Å²) in [6, 6.07) is 14.0. The van der Waals surface area contributed by atoms with E-state index in [-0.39, 0.29) is 5.92 Å². The molecule has 1 heterocycles. The molecule has 2 rings (SSSR count). The van der Waals surface area contributed by atoms with Crippen LogP contribution < -0.4 is 0 Å². The maximum absolute atomic E-state index is 9.28. The number of nitriles is 1. The summed E-state index contributed by atoms with van der Waals surface area (Å²) in [5.41, 5.74) is 1.65. The molecule has 4 heteroatoms. The Balaban J connectivity index is 2.26. The molecule has 1 unspecified atom stereocenters. The van der Waals surface area contributed by atoms with E-state index in [1.165, 1.54) is 4.90 Å². The third-order valence-electron chi connectivity index (χ3n) is 2.54. The lowest BCUT2D eigenvalue weighted by atomic mass is 9.97. The predicted molar refractivity (Wildman–Crippen MR) is 72.3 cm³/mol. The SMILES string of the molecule is CCSc1ccc(C(C#N)c2cccnn2)cc1. The van der Waals surface area contributed by atoms with Crippen LogP contribution in [0, 0.1) is 11.3 Å². The average molecular weight is 255 g/mol. The van der Waals surface area contributed by atoms with Gasteiger partial charge in [-0.3, -0.25) is 0 Å². The number of nitrogens with zero attached hydrogens (tertiary/aromatic N) is 3. The summed E-state index contributed by atoms with van der Waals surface area (Å²) >= 11 is 1.79. The normalized spacial score (nSPS) is 11.8. The molecule has 0 aliphatic heterocycles. The van der Waals surface area contributed by atoms with E-state index in [1.807, 2.05) is 30.3 Å². The molecule has 0 spiro atoms. The van der Waals surface area contributed by atoms with Gasteiger partial charge in [-0.25, -0.2) is 0 Å². The van der Waals surface area contributed by atoms with Crippen molar-refractivity contribution in [2.75, 3.05) is 5.75 Å². The van der Waals surface area contributed by atoms with E-state index in [0.717, 1.165) is 11.3 Å². The molecule has 90 valence electrons. The van der Waals surface area contributed by atoms with Crippen LogP contribution in [0.1, 0.15) is 24.1 Å². The summed E-state index contributed by atoms with van der Waals surface area (Å²) in [6.07, 6.45) is 1.61. The van der Waals surface area contributed by atoms with E-state index in [0.29, 0.717) is 5.69 Å². The standard InChI is InChI=1S/C14H13N3S/c1-2-18-12-7-5-11(6-8-12)13(10-15)14-4-3-9-16-17-14/h3-9,13H,2H2,1H3. The van der Waals surface area contributed by atoms with E-state index in [2.05, 4.69) is 23.2 Å². The molecule has 2 aromatic rings. The van der Waals surface area contributed by atoms with Gasteiger partial charge in [0.25, 0.3) is 0 Å². The lowest BCUT2D eigenvalue weighted by Gasteiger charge is -2.08. The van der Waals surface area contributed by atoms with Crippen molar-refractivity contribution in [2.45, 2.75) is 17.7 Å². The molecule has 0 aliphatic carbocycles. The third-order valence-corrected chi connectivity index (χ3v) is 3.44. The first-order valence-corrected chi connectivity index (χ1v) is 6.73. The Bertz CT molecular complexity index is 531. The van der Waals surface area contributed by atoms with Crippen LogP contribution in [-0.4, -0.2) is 16.0 Å². The molecule has 1 aromatic heterocycles. The molecule has 3 nitrogen and oxygen atoms in total. The molecule has 0 bridgehead atoms. The number of hydrogen-bond acceptors (Lipinski definition) is 4. The van der Waals surface area contributed by atoms with Crippen molar-refractivity contribution in [3.63, 3.8) is 0 Å². The summed E-state index contributed by atoms with van der Waals surface area (Å²) in [7, 11) is 0. The summed E-state index contributed by atoms with van der Waals surface area (Å²) in [4.78, 5) is 1.22. The highest BCUT2D eigenvalue weighted by molar-refractivity contribution is 7.99. The van der Waals surface area contributed by atoms with Crippen LogP contribution in [0.5, 0.6) is 0 Å². The number of rotatable bonds is 4. The van der Waals surface area contributed by atoms with Crippen molar-refractivity contribution in [3.8, 4) is 6.07 Å². The van der Waals surface area contributed by atoms with Crippen LogP contribution in [0.4, 0.5) is 0 Å². The second-order valence-electron chi connectivity index (χ2n) is 3.71. The second-order valence-corrected chi connectivity index (χ2v) is 5.05. The molecule has 1 atom stereocenters. The van der Waals surface area contributed by atoms with E-state index in [4.69, 9.17) is 0 Å². The van der Waals surface area contributed by atoms with Gasteiger partial charge in [0.05, 0.1) is 11.8 Å². The van der Waals surface area contributed by atoms with Crippen LogP contribution in [0.25, 0.3) is 0 Å². The molecule has 0 saturated carbocycles. The molecule has 1 aromatic carbocycles. The van der Waals surface area contributed by atoms with Gasteiger partial charge in [0.2, 0.25) is 0 Å². The number of hydrogen-bond donors (Lipinski definition) is 0. The summed E-state index contributed by atoms with van der Waals surface area (Å²) in [5, 5.41) is 17.1. The molecule has 0 N–H and O–H groups in total. The summed E-state index contributed by atoms with van der Waals surface area (Å²) in [5.74, 6) is 0.699. The van der Waals surface area contributed by atoms with Crippen molar-refractivity contribution in [1.82, 2.24) is 10.2 Å². The first-order chi connectivity index (χ1) is 8.85. The van der Waals surface area contributed by atoms with Gasteiger partial charge in [0, 0.05) is 11.1 Å². The van der Waals surface area contributed by atoms with Crippen molar-refractivity contribution >= 4 is 11.8 Å². The van der Waals surface area contributed by atoms with Gasteiger partial charge in [-0.05, 0) is 35.6 Å². The topological polar surface area (TPSA) is 49.6 Å². The Morgan fingerprint density at radius 1 is 1.28 bits per heavy atom. The van der Waals surface area contributed by atoms with E-state index in [1.54, 1.807) is 24.0 Å². The minimum atomic E-state index is -0.348. The molecule has 18 heavy (non-hydrogen) atoms. The molecule has 0 aliphatic rings. The van der Waals surface area contributed by atoms with Crippen LogP contribution in [-0.2, 0) is 0 Å². The van der Waals surface area contributed by atoms with Gasteiger partial charge in [0.1, 0.15) is 5.92 Å². The van der Waals surface area contributed by atoms with Crippen LogP contribution in [0.2, 0.25) is 0 Å². The zero-order valence-electron chi connectivity index (χ0n) is 10.1. The molecule has 0 fully saturated rings. The maximum Gasteiger partial charge on any atom is 0.115 e. The molecule has 0 amide bonds. The van der Waals surface area contributed by atoms with E-state index in [9.17, 15) is 5.26 Å². The Hall–Kier alpha value is -1.86. The quantitative estimate of drug-likeness (QED) is 0.787. The van der Waals surface area contributed by atoms with Crippen LogP contribution in [0.15, 0.2) is 47.5 Å². The third kappa shape index (κ3) is 2.88. The number of benzene rings is 1. The van der Waals surface area contributed by atoms with Gasteiger partial charge in [0.15, 0.2) is 0 Å². The molecule has 0 saturated heterocycles. The van der Waals surface area contributed by atoms with Gasteiger partial charge in [-0.2, -0.15) is 15.5 Å². The fraction of sp³-hybridized carbons (Fsp3) is 0.214. The second kappa shape index (κ2) is 6.18. The minimum Gasteiger partial charge on any atom is -0.197 e. The summed E-state index contributed by atoms with van der Waals surface area (Å²) in [6.45, 7) is 2.12. The van der Waals surface area contributed by atoms with Gasteiger partial charge < -0.3 is 0 Å². The zero-order valence-corrected chi connectivity index (χ0v) is 10.9. The Labute approximate surface area is 111 Å². The van der Waals surface area contributed by atoms with Crippen LogP contribution >= 0.6 is 11.8 Å². The zero-order chi connectivity index (χ0) is 12.8. The van der Waals surface area contributed by atoms with Crippen molar-refractivity contribution in [2.24, 2.45) is 0 Å². The van der Waals surface area contributed by atoms with Crippen LogP contribution in [0.3, 0.4) is 0 Å². The lowest BCUT2D eigenvalue weighted by molar-refractivity contribution is 0.883. The molecular weight excluding hydrogens is 242 g/mol. The number of aromatic nitrogens is 2. The Morgan fingerprint density at radius 2 is 2.06 bits per heavy atom. The summed E-state index contributed by atoms with van der Waals surface area (Å²) < 4.78 is 0. The largest absolute Gasteiger partial charge is 0.197 e. The highest BCUT2D eigenvalue weighted by Gasteiger charge is 2.14. The fourth-order valence-electron chi connectivity index (χ4n) is 1.70. The number of thioether (sulfide) groups is 1. The smallest absolute Gasteiger partial charge is 0.115 e. The first-order valence-electron chi connectivity index (χ1n) is 5.75. The molecular formula is C14H13N3S. The van der Waals surface area contributed by atoms with Gasteiger partial charge >= 0.3 is 0 Å². The first kappa shape index (κ1) is 12.6. The highest BCUT2D eigenvalue weighted by Crippen LogP contribution is 2.25.